The van der Waals surface area contributed by atoms with Crippen LogP contribution in [0, 0.1) is 12.7 Å². The molecule has 100 valence electrons. The van der Waals surface area contributed by atoms with Gasteiger partial charge in [0, 0.05) is 13.1 Å². The molecule has 0 aliphatic carbocycles. The number of aromatic nitrogens is 2. The lowest BCUT2D eigenvalue weighted by atomic mass is 10.2. The first-order chi connectivity index (χ1) is 9.15. The first kappa shape index (κ1) is 13.3. The van der Waals surface area contributed by atoms with Crippen LogP contribution in [0.4, 0.5) is 10.2 Å². The van der Waals surface area contributed by atoms with E-state index in [0.717, 1.165) is 23.4 Å². The van der Waals surface area contributed by atoms with Gasteiger partial charge in [-0.25, -0.2) is 14.4 Å². The molecule has 1 aromatic heterocycles. The highest BCUT2D eigenvalue weighted by Gasteiger charge is 2.12. The third kappa shape index (κ3) is 2.81. The maximum Gasteiger partial charge on any atom is 0.227 e. The Morgan fingerprint density at radius 3 is 2.79 bits per heavy atom. The van der Waals surface area contributed by atoms with Gasteiger partial charge in [-0.3, -0.25) is 0 Å². The van der Waals surface area contributed by atoms with Crippen LogP contribution in [-0.4, -0.2) is 17.0 Å². The second-order valence-electron chi connectivity index (χ2n) is 4.12. The van der Waals surface area contributed by atoms with Crippen LogP contribution in [-0.2, 0) is 6.42 Å². The third-order valence-electron chi connectivity index (χ3n) is 2.85. The number of halogens is 1. The van der Waals surface area contributed by atoms with Gasteiger partial charge in [0.05, 0.1) is 5.56 Å². The number of hydrogen-bond acceptors (Lipinski definition) is 4. The first-order valence-corrected chi connectivity index (χ1v) is 6.11. The summed E-state index contributed by atoms with van der Waals surface area (Å²) in [6.45, 7) is 3.85. The molecule has 0 unspecified atom stereocenters. The number of ether oxygens (including phenoxy) is 1. The van der Waals surface area contributed by atoms with E-state index in [0.29, 0.717) is 11.6 Å². The van der Waals surface area contributed by atoms with Gasteiger partial charge in [0.2, 0.25) is 5.88 Å². The SMILES string of the molecule is CCc1c(NC)ncnc1Oc1cc(F)ccc1C. The second kappa shape index (κ2) is 5.65. The highest BCUT2D eigenvalue weighted by Crippen LogP contribution is 2.29. The Kier molecular flexibility index (Phi) is 3.94. The molecule has 0 saturated carbocycles. The summed E-state index contributed by atoms with van der Waals surface area (Å²) in [5.74, 6) is 1.31. The lowest BCUT2D eigenvalue weighted by molar-refractivity contribution is 0.448. The van der Waals surface area contributed by atoms with E-state index in [4.69, 9.17) is 4.74 Å². The molecular formula is C14H16FN3O. The van der Waals surface area contributed by atoms with Gasteiger partial charge in [-0.05, 0) is 25.0 Å². The van der Waals surface area contributed by atoms with Crippen LogP contribution >= 0.6 is 0 Å². The lowest BCUT2D eigenvalue weighted by Crippen LogP contribution is -2.03. The van der Waals surface area contributed by atoms with Crippen molar-refractivity contribution in [1.29, 1.82) is 0 Å². The van der Waals surface area contributed by atoms with Crippen LogP contribution in [0.25, 0.3) is 0 Å². The highest BCUT2D eigenvalue weighted by molar-refractivity contribution is 5.49. The summed E-state index contributed by atoms with van der Waals surface area (Å²) in [6, 6.07) is 4.44. The molecule has 0 saturated heterocycles. The van der Waals surface area contributed by atoms with Crippen molar-refractivity contribution >= 4 is 5.82 Å². The Bertz CT molecular complexity index is 587. The van der Waals surface area contributed by atoms with E-state index in [2.05, 4.69) is 15.3 Å². The Hall–Kier alpha value is -2.17. The van der Waals surface area contributed by atoms with Crippen LogP contribution in [0.5, 0.6) is 11.6 Å². The summed E-state index contributed by atoms with van der Waals surface area (Å²) in [5.41, 5.74) is 1.72. The zero-order valence-electron chi connectivity index (χ0n) is 11.2. The van der Waals surface area contributed by atoms with E-state index >= 15 is 0 Å². The molecule has 19 heavy (non-hydrogen) atoms. The average molecular weight is 261 g/mol. The fraction of sp³-hybridized carbons (Fsp3) is 0.286. The number of benzene rings is 1. The van der Waals surface area contributed by atoms with Crippen molar-refractivity contribution in [2.75, 3.05) is 12.4 Å². The zero-order chi connectivity index (χ0) is 13.8. The zero-order valence-corrected chi connectivity index (χ0v) is 11.2. The quantitative estimate of drug-likeness (QED) is 0.917. The smallest absolute Gasteiger partial charge is 0.227 e. The van der Waals surface area contributed by atoms with Crippen LogP contribution in [0.1, 0.15) is 18.1 Å². The predicted molar refractivity (Wildman–Crippen MR) is 72.2 cm³/mol. The van der Waals surface area contributed by atoms with E-state index in [-0.39, 0.29) is 5.82 Å². The highest BCUT2D eigenvalue weighted by atomic mass is 19.1. The summed E-state index contributed by atoms with van der Waals surface area (Å²) in [7, 11) is 1.79. The van der Waals surface area contributed by atoms with Crippen molar-refractivity contribution in [3.05, 3.63) is 41.5 Å². The van der Waals surface area contributed by atoms with Gasteiger partial charge in [0.15, 0.2) is 0 Å². The van der Waals surface area contributed by atoms with Crippen LogP contribution in [0.2, 0.25) is 0 Å². The number of anilines is 1. The van der Waals surface area contributed by atoms with Crippen molar-refractivity contribution in [1.82, 2.24) is 9.97 Å². The van der Waals surface area contributed by atoms with E-state index < -0.39 is 0 Å². The van der Waals surface area contributed by atoms with Gasteiger partial charge in [0.25, 0.3) is 0 Å². The van der Waals surface area contributed by atoms with Gasteiger partial charge in [-0.1, -0.05) is 13.0 Å². The summed E-state index contributed by atoms with van der Waals surface area (Å²) in [6.07, 6.45) is 2.15. The van der Waals surface area contributed by atoms with E-state index in [1.165, 1.54) is 18.5 Å². The van der Waals surface area contributed by atoms with Gasteiger partial charge in [0.1, 0.15) is 23.7 Å². The Morgan fingerprint density at radius 1 is 1.32 bits per heavy atom. The summed E-state index contributed by atoms with van der Waals surface area (Å²) in [5, 5.41) is 2.99. The van der Waals surface area contributed by atoms with Crippen molar-refractivity contribution in [3.63, 3.8) is 0 Å². The van der Waals surface area contributed by atoms with Crippen molar-refractivity contribution in [2.45, 2.75) is 20.3 Å². The lowest BCUT2D eigenvalue weighted by Gasteiger charge is -2.13. The van der Waals surface area contributed by atoms with E-state index in [9.17, 15) is 4.39 Å². The Morgan fingerprint density at radius 2 is 2.11 bits per heavy atom. The van der Waals surface area contributed by atoms with E-state index in [1.54, 1.807) is 13.1 Å². The number of nitrogens with zero attached hydrogens (tertiary/aromatic N) is 2. The molecular weight excluding hydrogens is 245 g/mol. The van der Waals surface area contributed by atoms with Crippen LogP contribution in [0.3, 0.4) is 0 Å². The number of rotatable bonds is 4. The second-order valence-corrected chi connectivity index (χ2v) is 4.12. The van der Waals surface area contributed by atoms with Gasteiger partial charge < -0.3 is 10.1 Å². The number of nitrogens with one attached hydrogen (secondary N) is 1. The summed E-state index contributed by atoms with van der Waals surface area (Å²) in [4.78, 5) is 8.26. The van der Waals surface area contributed by atoms with Crippen molar-refractivity contribution in [3.8, 4) is 11.6 Å². The number of hydrogen-bond donors (Lipinski definition) is 1. The molecule has 0 spiro atoms. The largest absolute Gasteiger partial charge is 0.438 e. The maximum atomic E-state index is 13.3. The predicted octanol–water partition coefficient (Wildman–Crippen LogP) is 3.32. The van der Waals surface area contributed by atoms with Crippen molar-refractivity contribution < 1.29 is 9.13 Å². The molecule has 2 aromatic rings. The minimum Gasteiger partial charge on any atom is -0.438 e. The van der Waals surface area contributed by atoms with Gasteiger partial charge in [-0.15, -0.1) is 0 Å². The average Bonchev–Trinajstić information content (AvgIpc) is 2.42. The summed E-state index contributed by atoms with van der Waals surface area (Å²) < 4.78 is 19.0. The number of aryl methyl sites for hydroxylation is 1. The molecule has 0 amide bonds. The van der Waals surface area contributed by atoms with Crippen LogP contribution in [0.15, 0.2) is 24.5 Å². The molecule has 1 N–H and O–H groups in total. The van der Waals surface area contributed by atoms with Gasteiger partial charge >= 0.3 is 0 Å². The first-order valence-electron chi connectivity index (χ1n) is 6.11. The van der Waals surface area contributed by atoms with Gasteiger partial charge in [-0.2, -0.15) is 0 Å². The molecule has 0 radical (unpaired) electrons. The molecule has 5 heteroatoms. The Labute approximate surface area is 111 Å². The minimum absolute atomic E-state index is 0.332. The fourth-order valence-corrected chi connectivity index (χ4v) is 1.81. The molecule has 0 fully saturated rings. The fourth-order valence-electron chi connectivity index (χ4n) is 1.81. The molecule has 4 nitrogen and oxygen atoms in total. The third-order valence-corrected chi connectivity index (χ3v) is 2.85. The molecule has 0 atom stereocenters. The summed E-state index contributed by atoms with van der Waals surface area (Å²) >= 11 is 0. The van der Waals surface area contributed by atoms with Crippen LogP contribution < -0.4 is 10.1 Å². The standard InChI is InChI=1S/C14H16FN3O/c1-4-11-13(16-3)17-8-18-14(11)19-12-7-10(15)6-5-9(12)2/h5-8H,4H2,1-3H3,(H,16,17,18). The molecule has 0 bridgehead atoms. The molecule has 0 aliphatic rings. The van der Waals surface area contributed by atoms with Crippen molar-refractivity contribution in [2.24, 2.45) is 0 Å². The normalized spacial score (nSPS) is 10.3. The minimum atomic E-state index is -0.332. The molecule has 1 aromatic carbocycles. The monoisotopic (exact) mass is 261 g/mol. The topological polar surface area (TPSA) is 47.0 Å². The van der Waals surface area contributed by atoms with E-state index in [1.807, 2.05) is 13.8 Å². The maximum absolute atomic E-state index is 13.3. The molecule has 0 aliphatic heterocycles. The Balaban J connectivity index is 2.40. The molecule has 2 rings (SSSR count). The molecule has 1 heterocycles.